The van der Waals surface area contributed by atoms with Gasteiger partial charge in [0.05, 0.1) is 28.7 Å². The van der Waals surface area contributed by atoms with Gasteiger partial charge in [0.1, 0.15) is 35.7 Å². The molecule has 21 heteroatoms. The van der Waals surface area contributed by atoms with E-state index in [9.17, 15) is 37.9 Å². The number of hydrogen-bond acceptors (Lipinski definition) is 13. The van der Waals surface area contributed by atoms with Crippen LogP contribution < -0.4 is 26.6 Å². The molecule has 4 heterocycles. The van der Waals surface area contributed by atoms with Crippen molar-refractivity contribution in [1.29, 1.82) is 0 Å². The van der Waals surface area contributed by atoms with Crippen LogP contribution in [0.1, 0.15) is 98.7 Å². The SMILES string of the molecule is Cc1ncsc1-c1ccc(CNC(=O)[C@@H]2C[C@@H](O)CN2C(=O)C(NC(=O)CCCCCC(=O)NCCCn2c(CNc3cccc(C(=O)NCc4c(F)cccc4F)c3)nnc2-c2ccncn2)C(C)(C)C)cc1. The highest BCUT2D eigenvalue weighted by Gasteiger charge is 2.44. The molecule has 1 saturated heterocycles. The van der Waals surface area contributed by atoms with Crippen molar-refractivity contribution in [2.45, 2.75) is 117 Å². The standard InChI is InChI=1S/C53H62F2N12O6S/c1-33-47(74-32-62-33)35-19-17-34(18-20-35)27-59-51(72)43-26-38(68)30-67(43)52(73)48(53(2,3)4)63-46(70)16-7-5-6-15-45(69)57-22-10-24-66-44(64-65-49(66)42-21-23-56-31-61-42)29-58-37-12-8-11-36(25-37)50(71)60-28-39-40(54)13-9-14-41(39)55/h8-9,11-14,17-21,23,25,31-32,38,43,48,58,68H,5-7,10,15-16,22,24,26-30H2,1-4H3,(H,57,69)(H,59,72)(H,60,71)(H,63,70)/t38-,43+,48?/m1/s1. The summed E-state index contributed by atoms with van der Waals surface area (Å²) in [6.07, 6.45) is 4.78. The number of benzene rings is 3. The van der Waals surface area contributed by atoms with Crippen LogP contribution in [0.5, 0.6) is 0 Å². The van der Waals surface area contributed by atoms with Gasteiger partial charge < -0.3 is 41.2 Å². The summed E-state index contributed by atoms with van der Waals surface area (Å²) in [4.78, 5) is 81.7. The average molecular weight is 1030 g/mol. The van der Waals surface area contributed by atoms with Crippen molar-refractivity contribution in [2.75, 3.05) is 18.4 Å². The highest BCUT2D eigenvalue weighted by molar-refractivity contribution is 7.13. The first-order valence-corrected chi connectivity index (χ1v) is 25.5. The van der Waals surface area contributed by atoms with Gasteiger partial charge >= 0.3 is 0 Å². The van der Waals surface area contributed by atoms with E-state index < -0.39 is 47.1 Å². The third kappa shape index (κ3) is 14.6. The Labute approximate surface area is 432 Å². The van der Waals surface area contributed by atoms with Gasteiger partial charge in [-0.1, -0.05) is 63.6 Å². The Hall–Kier alpha value is -7.52. The smallest absolute Gasteiger partial charge is 0.251 e. The molecule has 74 heavy (non-hydrogen) atoms. The van der Waals surface area contributed by atoms with E-state index in [0.29, 0.717) is 61.8 Å². The summed E-state index contributed by atoms with van der Waals surface area (Å²) < 4.78 is 30.1. The Bertz CT molecular complexity index is 2870. The summed E-state index contributed by atoms with van der Waals surface area (Å²) in [5.74, 6) is -2.20. The number of hydrogen-bond donors (Lipinski definition) is 6. The molecule has 5 amide bonds. The summed E-state index contributed by atoms with van der Waals surface area (Å²) >= 11 is 1.56. The molecule has 390 valence electrons. The fourth-order valence-corrected chi connectivity index (χ4v) is 9.36. The van der Waals surface area contributed by atoms with Crippen LogP contribution in [0, 0.1) is 24.0 Å². The summed E-state index contributed by atoms with van der Waals surface area (Å²) in [7, 11) is 0. The van der Waals surface area contributed by atoms with E-state index in [1.165, 1.54) is 17.3 Å². The molecule has 0 aliphatic carbocycles. The number of anilines is 1. The van der Waals surface area contributed by atoms with E-state index >= 15 is 0 Å². The zero-order chi connectivity index (χ0) is 52.8. The van der Waals surface area contributed by atoms with E-state index in [1.54, 1.807) is 53.4 Å². The summed E-state index contributed by atoms with van der Waals surface area (Å²) in [6.45, 7) is 8.39. The minimum Gasteiger partial charge on any atom is -0.391 e. The highest BCUT2D eigenvalue weighted by Crippen LogP contribution is 2.29. The third-order valence-electron chi connectivity index (χ3n) is 12.6. The Balaban J connectivity index is 0.832. The zero-order valence-electron chi connectivity index (χ0n) is 41.9. The lowest BCUT2D eigenvalue weighted by atomic mass is 9.85. The minimum absolute atomic E-state index is 0.0254. The minimum atomic E-state index is -0.946. The summed E-state index contributed by atoms with van der Waals surface area (Å²) in [5.41, 5.74) is 5.18. The number of carbonyl (C=O) groups is 5. The first kappa shape index (κ1) is 54.3. The maximum absolute atomic E-state index is 14.1. The van der Waals surface area contributed by atoms with Gasteiger partial charge in [-0.05, 0) is 79.1 Å². The van der Waals surface area contributed by atoms with Crippen molar-refractivity contribution in [2.24, 2.45) is 5.41 Å². The van der Waals surface area contributed by atoms with Crippen LogP contribution in [0.3, 0.4) is 0 Å². The number of unbranched alkanes of at least 4 members (excludes halogenated alkanes) is 2. The molecule has 3 aromatic carbocycles. The number of β-amino-alcohol motifs (C(OH)–C–C–N with tert-alkyl or cyclic N) is 1. The number of thiazole rings is 1. The lowest BCUT2D eigenvalue weighted by Crippen LogP contribution is -2.57. The fraction of sp³-hybridized carbons (Fsp3) is 0.396. The van der Waals surface area contributed by atoms with Gasteiger partial charge in [0.25, 0.3) is 5.91 Å². The molecule has 18 nitrogen and oxygen atoms in total. The van der Waals surface area contributed by atoms with Gasteiger partial charge in [0, 0.05) is 75.0 Å². The van der Waals surface area contributed by atoms with Gasteiger partial charge in [-0.25, -0.2) is 23.7 Å². The maximum Gasteiger partial charge on any atom is 0.251 e. The second-order valence-electron chi connectivity index (χ2n) is 19.2. The number of amides is 5. The lowest BCUT2D eigenvalue weighted by molar-refractivity contribution is -0.144. The van der Waals surface area contributed by atoms with Crippen molar-refractivity contribution in [3.05, 3.63) is 131 Å². The molecule has 1 aliphatic heterocycles. The van der Waals surface area contributed by atoms with E-state index in [2.05, 4.69) is 51.7 Å². The quantitative estimate of drug-likeness (QED) is 0.0391. The molecule has 1 fully saturated rings. The molecule has 1 aliphatic rings. The summed E-state index contributed by atoms with van der Waals surface area (Å²) in [5, 5.41) is 34.0. The predicted octanol–water partition coefficient (Wildman–Crippen LogP) is 6.25. The van der Waals surface area contributed by atoms with E-state index in [4.69, 9.17) is 0 Å². The van der Waals surface area contributed by atoms with Crippen LogP contribution in [0.15, 0.2) is 90.8 Å². The topological polar surface area (TPSA) is 238 Å². The number of nitrogens with zero attached hydrogens (tertiary/aromatic N) is 7. The van der Waals surface area contributed by atoms with Gasteiger partial charge in [0.2, 0.25) is 23.6 Å². The number of carbonyl (C=O) groups excluding carboxylic acids is 5. The number of nitrogens with one attached hydrogen (secondary N) is 5. The second-order valence-corrected chi connectivity index (χ2v) is 20.1. The zero-order valence-corrected chi connectivity index (χ0v) is 42.7. The summed E-state index contributed by atoms with van der Waals surface area (Å²) in [6, 6.07) is 17.9. The van der Waals surface area contributed by atoms with Crippen LogP contribution in [-0.4, -0.2) is 101 Å². The van der Waals surface area contributed by atoms with Crippen LogP contribution in [0.4, 0.5) is 14.5 Å². The Kier molecular flexibility index (Phi) is 18.6. The van der Waals surface area contributed by atoms with Gasteiger partial charge in [0.15, 0.2) is 11.6 Å². The lowest BCUT2D eigenvalue weighted by Gasteiger charge is -2.35. The van der Waals surface area contributed by atoms with Crippen LogP contribution in [-0.2, 0) is 45.4 Å². The van der Waals surface area contributed by atoms with Gasteiger partial charge in [-0.15, -0.1) is 21.5 Å². The Morgan fingerprint density at radius 1 is 0.838 bits per heavy atom. The molecule has 3 atom stereocenters. The van der Waals surface area contributed by atoms with Gasteiger partial charge in [-0.3, -0.25) is 24.0 Å². The third-order valence-corrected chi connectivity index (χ3v) is 13.6. The highest BCUT2D eigenvalue weighted by atomic mass is 32.1. The Morgan fingerprint density at radius 3 is 2.28 bits per heavy atom. The number of aliphatic hydroxyl groups excluding tert-OH is 1. The molecule has 6 aromatic rings. The molecular weight excluding hydrogens is 971 g/mol. The van der Waals surface area contributed by atoms with Crippen molar-refractivity contribution in [3.8, 4) is 22.0 Å². The molecule has 0 saturated carbocycles. The van der Waals surface area contributed by atoms with Crippen LogP contribution >= 0.6 is 11.3 Å². The average Bonchev–Trinajstić information content (AvgIpc) is 4.13. The van der Waals surface area contributed by atoms with Crippen molar-refractivity contribution in [1.82, 2.24) is 55.9 Å². The monoisotopic (exact) mass is 1030 g/mol. The first-order chi connectivity index (χ1) is 35.5. The number of likely N-dealkylation sites (tertiary alicyclic amines) is 1. The molecule has 0 spiro atoms. The largest absolute Gasteiger partial charge is 0.391 e. The maximum atomic E-state index is 14.1. The predicted molar refractivity (Wildman–Crippen MR) is 275 cm³/mol. The van der Waals surface area contributed by atoms with E-state index in [1.807, 2.05) is 56.5 Å². The fourth-order valence-electron chi connectivity index (χ4n) is 8.55. The molecule has 7 rings (SSSR count). The molecular formula is C53H62F2N12O6S. The van der Waals surface area contributed by atoms with Crippen LogP contribution in [0.2, 0.25) is 0 Å². The van der Waals surface area contributed by atoms with Crippen molar-refractivity contribution < 1.29 is 37.9 Å². The van der Waals surface area contributed by atoms with Crippen LogP contribution in [0.25, 0.3) is 22.0 Å². The van der Waals surface area contributed by atoms with E-state index in [-0.39, 0.29) is 74.3 Å². The molecule has 0 radical (unpaired) electrons. The normalized spacial score (nSPS) is 14.8. The molecule has 6 N–H and O–H groups in total. The van der Waals surface area contributed by atoms with Gasteiger partial charge in [-0.2, -0.15) is 0 Å². The first-order valence-electron chi connectivity index (χ1n) is 24.6. The van der Waals surface area contributed by atoms with E-state index in [0.717, 1.165) is 33.8 Å². The number of aryl methyl sites for hydroxylation is 1. The number of aromatic nitrogens is 6. The molecule has 0 bridgehead atoms. The number of rotatable bonds is 23. The number of halogens is 2. The molecule has 3 aromatic heterocycles. The second kappa shape index (κ2) is 25.4. The van der Waals surface area contributed by atoms with Crippen molar-refractivity contribution in [3.63, 3.8) is 0 Å². The van der Waals surface area contributed by atoms with Crippen molar-refractivity contribution >= 4 is 46.6 Å². The Morgan fingerprint density at radius 2 is 1.58 bits per heavy atom. The number of aliphatic hydroxyl groups is 1. The molecule has 1 unspecified atom stereocenters.